The molecule has 0 saturated carbocycles. The van der Waals surface area contributed by atoms with Crippen LogP contribution in [0.4, 0.5) is 0 Å². The smallest absolute Gasteiger partial charge is 0.165 e. The number of benzene rings is 1. The van der Waals surface area contributed by atoms with Crippen molar-refractivity contribution in [2.24, 2.45) is 0 Å². The number of hydrogen-bond acceptors (Lipinski definition) is 3. The van der Waals surface area contributed by atoms with Crippen LogP contribution in [-0.2, 0) is 6.54 Å². The summed E-state index contributed by atoms with van der Waals surface area (Å²) in [5.41, 5.74) is 0.511. The van der Waals surface area contributed by atoms with Crippen molar-refractivity contribution >= 4 is 40.3 Å². The molecule has 2 aromatic rings. The zero-order valence-electron chi connectivity index (χ0n) is 11.8. The minimum atomic E-state index is 0.0344. The second-order valence-corrected chi connectivity index (χ2v) is 6.54. The van der Waals surface area contributed by atoms with Crippen LogP contribution in [0.3, 0.4) is 0 Å². The predicted octanol–water partition coefficient (Wildman–Crippen LogP) is 5.15. The van der Waals surface area contributed by atoms with Gasteiger partial charge >= 0.3 is 0 Å². The first-order valence-electron chi connectivity index (χ1n) is 6.83. The highest BCUT2D eigenvalue weighted by Gasteiger charge is 2.14. The predicted molar refractivity (Wildman–Crippen MR) is 90.7 cm³/mol. The summed E-state index contributed by atoms with van der Waals surface area (Å²) in [4.78, 5) is 15.8. The Morgan fingerprint density at radius 3 is 2.71 bits per heavy atom. The van der Waals surface area contributed by atoms with Crippen LogP contribution < -0.4 is 0 Å². The van der Waals surface area contributed by atoms with E-state index in [-0.39, 0.29) is 5.78 Å². The van der Waals surface area contributed by atoms with Gasteiger partial charge in [0.25, 0.3) is 0 Å². The first-order valence-corrected chi connectivity index (χ1v) is 8.47. The zero-order valence-corrected chi connectivity index (χ0v) is 14.1. The molecule has 0 fully saturated rings. The highest BCUT2D eigenvalue weighted by Crippen LogP contribution is 2.26. The molecule has 5 heteroatoms. The number of carbonyl (C=O) groups is 1. The second-order valence-electron chi connectivity index (χ2n) is 4.72. The summed E-state index contributed by atoms with van der Waals surface area (Å²) in [6.07, 6.45) is 0.444. The van der Waals surface area contributed by atoms with Crippen LogP contribution in [-0.4, -0.2) is 23.8 Å². The van der Waals surface area contributed by atoms with E-state index >= 15 is 0 Å². The highest BCUT2D eigenvalue weighted by atomic mass is 35.5. The molecular formula is C16H17Cl2NOS. The normalized spacial score (nSPS) is 11.0. The summed E-state index contributed by atoms with van der Waals surface area (Å²) < 4.78 is 0. The van der Waals surface area contributed by atoms with Crippen molar-refractivity contribution in [3.05, 3.63) is 56.2 Å². The Hall–Kier alpha value is -0.870. The highest BCUT2D eigenvalue weighted by molar-refractivity contribution is 7.09. The third-order valence-electron chi connectivity index (χ3n) is 3.31. The van der Waals surface area contributed by atoms with Crippen LogP contribution in [0, 0.1) is 0 Å². The molecule has 0 saturated heterocycles. The Balaban J connectivity index is 1.94. The van der Waals surface area contributed by atoms with Crippen LogP contribution in [0.1, 0.15) is 28.6 Å². The second kappa shape index (κ2) is 7.95. The summed E-state index contributed by atoms with van der Waals surface area (Å²) in [7, 11) is 0. The fourth-order valence-electron chi connectivity index (χ4n) is 2.09. The van der Waals surface area contributed by atoms with Gasteiger partial charge in [-0.2, -0.15) is 0 Å². The van der Waals surface area contributed by atoms with E-state index in [0.717, 1.165) is 19.6 Å². The SMILES string of the molecule is CCN(CCC(=O)c1cccc(Cl)c1Cl)Cc1cccs1. The van der Waals surface area contributed by atoms with Crippen molar-refractivity contribution in [1.29, 1.82) is 0 Å². The van der Waals surface area contributed by atoms with Gasteiger partial charge in [-0.05, 0) is 30.1 Å². The Kier molecular flexibility index (Phi) is 6.24. The molecule has 0 bridgehead atoms. The molecule has 0 radical (unpaired) electrons. The van der Waals surface area contributed by atoms with E-state index in [1.807, 2.05) is 6.07 Å². The Labute approximate surface area is 139 Å². The fraction of sp³-hybridized carbons (Fsp3) is 0.312. The molecule has 1 aromatic carbocycles. The summed E-state index contributed by atoms with van der Waals surface area (Å²) in [6, 6.07) is 9.33. The van der Waals surface area contributed by atoms with E-state index in [2.05, 4.69) is 23.3 Å². The van der Waals surface area contributed by atoms with Crippen LogP contribution >= 0.6 is 34.5 Å². The molecule has 2 nitrogen and oxygen atoms in total. The zero-order chi connectivity index (χ0) is 15.2. The molecule has 0 unspecified atom stereocenters. The van der Waals surface area contributed by atoms with E-state index < -0.39 is 0 Å². The standard InChI is InChI=1S/C16H17Cl2NOS/c1-2-19(11-12-5-4-10-21-12)9-8-15(20)13-6-3-7-14(17)16(13)18/h3-7,10H,2,8-9,11H2,1H3. The van der Waals surface area contributed by atoms with Crippen molar-refractivity contribution in [3.63, 3.8) is 0 Å². The molecule has 0 amide bonds. The number of halogens is 2. The van der Waals surface area contributed by atoms with E-state index in [4.69, 9.17) is 23.2 Å². The van der Waals surface area contributed by atoms with Crippen LogP contribution in [0.2, 0.25) is 10.0 Å². The Bertz CT molecular complexity index is 598. The topological polar surface area (TPSA) is 20.3 Å². The minimum absolute atomic E-state index is 0.0344. The van der Waals surface area contributed by atoms with Crippen LogP contribution in [0.25, 0.3) is 0 Å². The molecule has 0 spiro atoms. The molecule has 1 aromatic heterocycles. The number of ketones is 1. The first kappa shape index (κ1) is 16.5. The van der Waals surface area contributed by atoms with E-state index in [1.54, 1.807) is 29.5 Å². The number of carbonyl (C=O) groups excluding carboxylic acids is 1. The maximum atomic E-state index is 12.3. The van der Waals surface area contributed by atoms with Gasteiger partial charge in [-0.3, -0.25) is 9.69 Å². The molecule has 112 valence electrons. The van der Waals surface area contributed by atoms with Gasteiger partial charge in [-0.1, -0.05) is 42.3 Å². The lowest BCUT2D eigenvalue weighted by Crippen LogP contribution is -2.25. The van der Waals surface area contributed by atoms with Crippen molar-refractivity contribution in [3.8, 4) is 0 Å². The van der Waals surface area contributed by atoms with E-state index in [9.17, 15) is 4.79 Å². The van der Waals surface area contributed by atoms with Gasteiger partial charge in [0, 0.05) is 30.0 Å². The molecule has 0 aliphatic heterocycles. The van der Waals surface area contributed by atoms with Crippen molar-refractivity contribution in [2.75, 3.05) is 13.1 Å². The number of hydrogen-bond donors (Lipinski definition) is 0. The lowest BCUT2D eigenvalue weighted by atomic mass is 10.1. The quantitative estimate of drug-likeness (QED) is 0.649. The van der Waals surface area contributed by atoms with Crippen molar-refractivity contribution in [1.82, 2.24) is 4.90 Å². The molecule has 2 rings (SSSR count). The molecule has 0 aliphatic carbocycles. The summed E-state index contributed by atoms with van der Waals surface area (Å²) in [5.74, 6) is 0.0344. The largest absolute Gasteiger partial charge is 0.298 e. The van der Waals surface area contributed by atoms with Gasteiger partial charge in [0.15, 0.2) is 5.78 Å². The molecule has 0 atom stereocenters. The average molecular weight is 342 g/mol. The molecule has 21 heavy (non-hydrogen) atoms. The monoisotopic (exact) mass is 341 g/mol. The maximum Gasteiger partial charge on any atom is 0.165 e. The summed E-state index contributed by atoms with van der Waals surface area (Å²) in [5, 5.41) is 2.85. The lowest BCUT2D eigenvalue weighted by Gasteiger charge is -2.19. The summed E-state index contributed by atoms with van der Waals surface area (Å²) in [6.45, 7) is 4.61. The number of rotatable bonds is 7. The lowest BCUT2D eigenvalue weighted by molar-refractivity contribution is 0.0964. The number of thiophene rings is 1. The third-order valence-corrected chi connectivity index (χ3v) is 4.99. The minimum Gasteiger partial charge on any atom is -0.298 e. The molecular weight excluding hydrogens is 325 g/mol. The van der Waals surface area contributed by atoms with Gasteiger partial charge in [-0.15, -0.1) is 11.3 Å². The van der Waals surface area contributed by atoms with Crippen LogP contribution in [0.5, 0.6) is 0 Å². The van der Waals surface area contributed by atoms with Gasteiger partial charge in [0.05, 0.1) is 10.0 Å². The van der Waals surface area contributed by atoms with Crippen molar-refractivity contribution in [2.45, 2.75) is 19.9 Å². The van der Waals surface area contributed by atoms with Crippen molar-refractivity contribution < 1.29 is 4.79 Å². The fourth-order valence-corrected chi connectivity index (χ4v) is 3.24. The van der Waals surface area contributed by atoms with Gasteiger partial charge in [0.2, 0.25) is 0 Å². The number of Topliss-reactive ketones (excluding diaryl/α,β-unsaturated/α-hetero) is 1. The maximum absolute atomic E-state index is 12.3. The summed E-state index contributed by atoms with van der Waals surface area (Å²) >= 11 is 13.8. The average Bonchev–Trinajstić information content (AvgIpc) is 2.99. The van der Waals surface area contributed by atoms with E-state index in [0.29, 0.717) is 22.0 Å². The third kappa shape index (κ3) is 4.55. The molecule has 0 aliphatic rings. The Morgan fingerprint density at radius 2 is 2.05 bits per heavy atom. The number of nitrogens with zero attached hydrogens (tertiary/aromatic N) is 1. The first-order chi connectivity index (χ1) is 10.1. The van der Waals surface area contributed by atoms with Gasteiger partial charge in [0.1, 0.15) is 0 Å². The van der Waals surface area contributed by atoms with Gasteiger partial charge in [-0.25, -0.2) is 0 Å². The van der Waals surface area contributed by atoms with E-state index in [1.165, 1.54) is 4.88 Å². The van der Waals surface area contributed by atoms with Gasteiger partial charge < -0.3 is 0 Å². The molecule has 1 heterocycles. The van der Waals surface area contributed by atoms with Crippen LogP contribution in [0.15, 0.2) is 35.7 Å². The molecule has 0 N–H and O–H groups in total. The Morgan fingerprint density at radius 1 is 1.24 bits per heavy atom.